The van der Waals surface area contributed by atoms with E-state index in [0.29, 0.717) is 23.6 Å². The lowest BCUT2D eigenvalue weighted by Gasteiger charge is -2.16. The normalized spacial score (nSPS) is 25.1. The molecule has 7 nitrogen and oxygen atoms in total. The number of amides is 1. The topological polar surface area (TPSA) is 90.7 Å². The van der Waals surface area contributed by atoms with Crippen LogP contribution in [0, 0.1) is 16.0 Å². The fourth-order valence-corrected chi connectivity index (χ4v) is 2.23. The van der Waals surface area contributed by atoms with Gasteiger partial charge in [0.1, 0.15) is 5.92 Å². The maximum atomic E-state index is 11.8. The van der Waals surface area contributed by atoms with Gasteiger partial charge < -0.3 is 14.8 Å². The molecule has 1 fully saturated rings. The van der Waals surface area contributed by atoms with Crippen molar-refractivity contribution < 1.29 is 19.2 Å². The molecule has 1 amide bonds. The smallest absolute Gasteiger partial charge is 0.246 e. The van der Waals surface area contributed by atoms with Gasteiger partial charge in [-0.1, -0.05) is 0 Å². The molecule has 1 heterocycles. The average Bonchev–Trinajstić information content (AvgIpc) is 3.07. The predicted octanol–water partition coefficient (Wildman–Crippen LogP) is 1.80. The number of nitrogens with zero attached hydrogens (tertiary/aromatic N) is 1. The lowest BCUT2D eigenvalue weighted by Crippen LogP contribution is -2.29. The summed E-state index contributed by atoms with van der Waals surface area (Å²) in [5.41, 5.74) is 0.545. The Morgan fingerprint density at radius 3 is 2.75 bits per heavy atom. The van der Waals surface area contributed by atoms with Gasteiger partial charge in [-0.05, 0) is 12.1 Å². The van der Waals surface area contributed by atoms with Crippen molar-refractivity contribution in [2.24, 2.45) is 5.92 Å². The zero-order chi connectivity index (χ0) is 14.5. The number of anilines is 1. The van der Waals surface area contributed by atoms with Crippen molar-refractivity contribution in [2.45, 2.75) is 32.1 Å². The van der Waals surface area contributed by atoms with Gasteiger partial charge in [-0.15, -0.1) is 0 Å². The summed E-state index contributed by atoms with van der Waals surface area (Å²) < 4.78 is 11.1. The minimum Gasteiger partial charge on any atom is -0.449 e. The molecule has 0 spiro atoms. The lowest BCUT2D eigenvalue weighted by molar-refractivity contribution is -0.497. The standard InChI is InChI=1S/C13H14N2O5/c1-13(2)19-10-4-3-7(5-11(10)20-13)14-12(16)8-6-9(8)15(17)18/h3-5,8-9H,6H2,1-2H3,(H,14,16)/t8-,9+/m0/s1. The van der Waals surface area contributed by atoms with E-state index in [2.05, 4.69) is 5.32 Å². The molecule has 1 aromatic carbocycles. The second kappa shape index (κ2) is 4.09. The Morgan fingerprint density at radius 2 is 2.10 bits per heavy atom. The second-order valence-electron chi connectivity index (χ2n) is 5.45. The summed E-state index contributed by atoms with van der Waals surface area (Å²) in [5.74, 6) is -0.424. The highest BCUT2D eigenvalue weighted by molar-refractivity contribution is 5.95. The fraction of sp³-hybridized carbons (Fsp3) is 0.462. The first-order chi connectivity index (χ1) is 9.35. The van der Waals surface area contributed by atoms with Crippen LogP contribution in [0.2, 0.25) is 0 Å². The molecule has 1 aliphatic heterocycles. The zero-order valence-corrected chi connectivity index (χ0v) is 11.1. The van der Waals surface area contributed by atoms with Crippen LogP contribution in [0.25, 0.3) is 0 Å². The highest BCUT2D eigenvalue weighted by Gasteiger charge is 2.53. The zero-order valence-electron chi connectivity index (χ0n) is 11.1. The van der Waals surface area contributed by atoms with Crippen LogP contribution < -0.4 is 14.8 Å². The molecule has 0 unspecified atom stereocenters. The number of ether oxygens (including phenoxy) is 2. The van der Waals surface area contributed by atoms with Crippen molar-refractivity contribution in [1.82, 2.24) is 0 Å². The van der Waals surface area contributed by atoms with E-state index < -0.39 is 22.7 Å². The summed E-state index contributed by atoms with van der Waals surface area (Å²) in [5, 5.41) is 13.2. The molecule has 0 aromatic heterocycles. The van der Waals surface area contributed by atoms with Gasteiger partial charge in [0.2, 0.25) is 17.7 Å². The van der Waals surface area contributed by atoms with E-state index in [9.17, 15) is 14.9 Å². The molecule has 0 radical (unpaired) electrons. The van der Waals surface area contributed by atoms with Crippen LogP contribution >= 0.6 is 0 Å². The maximum absolute atomic E-state index is 11.8. The first kappa shape index (κ1) is 12.7. The van der Waals surface area contributed by atoms with Crippen molar-refractivity contribution in [3.8, 4) is 11.5 Å². The Balaban J connectivity index is 1.68. The SMILES string of the molecule is CC1(C)Oc2ccc(NC(=O)[C@H]3C[C@H]3[N+](=O)[O-])cc2O1. The number of carbonyl (C=O) groups excluding carboxylic acids is 1. The summed E-state index contributed by atoms with van der Waals surface area (Å²) in [6.45, 7) is 3.58. The molecule has 1 aliphatic carbocycles. The number of nitro groups is 1. The van der Waals surface area contributed by atoms with Crippen molar-refractivity contribution >= 4 is 11.6 Å². The number of hydrogen-bond acceptors (Lipinski definition) is 5. The Bertz CT molecular complexity index is 598. The van der Waals surface area contributed by atoms with Crippen molar-refractivity contribution in [1.29, 1.82) is 0 Å². The molecule has 0 saturated heterocycles. The van der Waals surface area contributed by atoms with Crippen molar-refractivity contribution in [3.63, 3.8) is 0 Å². The summed E-state index contributed by atoms with van der Waals surface area (Å²) in [6.07, 6.45) is 0.302. The Hall–Kier alpha value is -2.31. The number of hydrogen-bond donors (Lipinski definition) is 1. The number of benzene rings is 1. The molecule has 20 heavy (non-hydrogen) atoms. The molecular weight excluding hydrogens is 264 g/mol. The molecule has 106 valence electrons. The van der Waals surface area contributed by atoms with Crippen LogP contribution in [0.3, 0.4) is 0 Å². The molecule has 1 aromatic rings. The van der Waals surface area contributed by atoms with Crippen molar-refractivity contribution in [3.05, 3.63) is 28.3 Å². The van der Waals surface area contributed by atoms with Crippen LogP contribution in [-0.4, -0.2) is 22.7 Å². The second-order valence-corrected chi connectivity index (χ2v) is 5.45. The third kappa shape index (κ3) is 2.26. The molecule has 1 saturated carbocycles. The van der Waals surface area contributed by atoms with E-state index in [1.165, 1.54) is 0 Å². The number of nitrogens with one attached hydrogen (secondary N) is 1. The van der Waals surface area contributed by atoms with E-state index in [1.54, 1.807) is 32.0 Å². The molecule has 7 heteroatoms. The quantitative estimate of drug-likeness (QED) is 0.672. The predicted molar refractivity (Wildman–Crippen MR) is 69.3 cm³/mol. The Labute approximate surface area is 115 Å². The minimum absolute atomic E-state index is 0.302. The Morgan fingerprint density at radius 1 is 1.40 bits per heavy atom. The van der Waals surface area contributed by atoms with Gasteiger partial charge in [-0.25, -0.2) is 0 Å². The van der Waals surface area contributed by atoms with Gasteiger partial charge >= 0.3 is 0 Å². The third-order valence-electron chi connectivity index (χ3n) is 3.29. The highest BCUT2D eigenvalue weighted by Crippen LogP contribution is 2.41. The van der Waals surface area contributed by atoms with Gasteiger partial charge in [0.25, 0.3) is 0 Å². The third-order valence-corrected chi connectivity index (χ3v) is 3.29. The fourth-order valence-electron chi connectivity index (χ4n) is 2.23. The number of carbonyl (C=O) groups is 1. The van der Waals surface area contributed by atoms with Gasteiger partial charge in [0, 0.05) is 36.9 Å². The van der Waals surface area contributed by atoms with Crippen LogP contribution in [0.1, 0.15) is 20.3 Å². The van der Waals surface area contributed by atoms with Crippen LogP contribution in [0.5, 0.6) is 11.5 Å². The molecule has 3 rings (SSSR count). The van der Waals surface area contributed by atoms with Gasteiger partial charge in [-0.2, -0.15) is 0 Å². The average molecular weight is 278 g/mol. The molecule has 1 N–H and O–H groups in total. The van der Waals surface area contributed by atoms with E-state index in [-0.39, 0.29) is 5.91 Å². The molecule has 0 bridgehead atoms. The first-order valence-electron chi connectivity index (χ1n) is 6.32. The van der Waals surface area contributed by atoms with Crippen molar-refractivity contribution in [2.75, 3.05) is 5.32 Å². The van der Waals surface area contributed by atoms with Crippen LogP contribution in [0.15, 0.2) is 18.2 Å². The minimum atomic E-state index is -0.747. The molecule has 2 atom stereocenters. The highest BCUT2D eigenvalue weighted by atomic mass is 16.7. The summed E-state index contributed by atoms with van der Waals surface area (Å²) in [4.78, 5) is 22.0. The van der Waals surface area contributed by atoms with Gasteiger partial charge in [0.05, 0.1) is 0 Å². The first-order valence-corrected chi connectivity index (χ1v) is 6.32. The van der Waals surface area contributed by atoms with Crippen LogP contribution in [0.4, 0.5) is 5.69 Å². The molecular formula is C13H14N2O5. The van der Waals surface area contributed by atoms with E-state index >= 15 is 0 Å². The lowest BCUT2D eigenvalue weighted by atomic mass is 10.2. The monoisotopic (exact) mass is 278 g/mol. The largest absolute Gasteiger partial charge is 0.449 e. The van der Waals surface area contributed by atoms with Crippen LogP contribution in [-0.2, 0) is 4.79 Å². The van der Waals surface area contributed by atoms with Gasteiger partial charge in [0.15, 0.2) is 11.5 Å². The van der Waals surface area contributed by atoms with E-state index in [0.717, 1.165) is 0 Å². The van der Waals surface area contributed by atoms with Gasteiger partial charge in [-0.3, -0.25) is 14.9 Å². The van der Waals surface area contributed by atoms with E-state index in [4.69, 9.17) is 9.47 Å². The summed E-state index contributed by atoms with van der Waals surface area (Å²) in [6, 6.07) is 4.30. The number of fused-ring (bicyclic) bond motifs is 1. The summed E-state index contributed by atoms with van der Waals surface area (Å²) in [7, 11) is 0. The summed E-state index contributed by atoms with van der Waals surface area (Å²) >= 11 is 0. The maximum Gasteiger partial charge on any atom is 0.246 e. The Kier molecular flexibility index (Phi) is 2.60. The molecule has 2 aliphatic rings. The number of rotatable bonds is 3. The van der Waals surface area contributed by atoms with E-state index in [1.807, 2.05) is 0 Å².